The van der Waals surface area contributed by atoms with Gasteiger partial charge < -0.3 is 33.8 Å². The van der Waals surface area contributed by atoms with Crippen LogP contribution >= 0.6 is 15.6 Å². The maximum atomic E-state index is 13.1. The molecule has 0 saturated heterocycles. The van der Waals surface area contributed by atoms with Gasteiger partial charge in [-0.2, -0.15) is 0 Å². The molecule has 0 aliphatic carbocycles. The number of unbranched alkanes of at least 4 members (excludes halogenated alkanes) is 57. The van der Waals surface area contributed by atoms with E-state index in [1.807, 2.05) is 0 Å². The van der Waals surface area contributed by atoms with Crippen LogP contribution < -0.4 is 0 Å². The molecule has 17 nitrogen and oxygen atoms in total. The number of hydrogen-bond acceptors (Lipinski definition) is 15. The summed E-state index contributed by atoms with van der Waals surface area (Å²) in [5, 5.41) is 10.7. The Morgan fingerprint density at radius 1 is 0.267 bits per heavy atom. The van der Waals surface area contributed by atoms with Crippen LogP contribution in [0.5, 0.6) is 0 Å². The fourth-order valence-corrected chi connectivity index (χ4v) is 15.0. The molecule has 0 saturated carbocycles. The highest BCUT2D eigenvalue weighted by molar-refractivity contribution is 7.47. The van der Waals surface area contributed by atoms with Crippen LogP contribution in [-0.4, -0.2) is 96.7 Å². The fourth-order valence-electron chi connectivity index (χ4n) is 13.4. The molecule has 0 radical (unpaired) electrons. The van der Waals surface area contributed by atoms with Crippen molar-refractivity contribution in [3.63, 3.8) is 0 Å². The Kier molecular flexibility index (Phi) is 77.3. The maximum Gasteiger partial charge on any atom is 0.472 e. The summed E-state index contributed by atoms with van der Waals surface area (Å²) in [5.74, 6) is -1.23. The number of phosphoric acid groups is 2. The lowest BCUT2D eigenvalue weighted by Gasteiger charge is -2.21. The predicted octanol–water partition coefficient (Wildman–Crippen LogP) is 26.4. The normalized spacial score (nSPS) is 14.0. The van der Waals surface area contributed by atoms with E-state index in [0.717, 1.165) is 95.8 Å². The van der Waals surface area contributed by atoms with Crippen LogP contribution in [0.3, 0.4) is 0 Å². The highest BCUT2D eigenvalue weighted by Gasteiger charge is 2.30. The van der Waals surface area contributed by atoms with Crippen molar-refractivity contribution < 1.29 is 80.2 Å². The number of ether oxygens (including phenoxy) is 4. The number of rotatable bonds is 86. The average molecular weight is 1540 g/mol. The number of carbonyl (C=O) groups is 4. The SMILES string of the molecule is CCCCCCCCCCCCCCCCCCCCCCC(=O)OC[C@H](COP(=O)(O)OC[C@@H](O)COP(=O)(O)OC[C@@H](COC(=O)CCCCCCCCCCC)OC(=O)CCCCCCCCCCCCCCCC)OC(=O)CCCCCCCCCCCCCCCCCCCCC(C)CC. The van der Waals surface area contributed by atoms with Gasteiger partial charge in [0.25, 0.3) is 0 Å². The van der Waals surface area contributed by atoms with Gasteiger partial charge in [-0.05, 0) is 31.6 Å². The third kappa shape index (κ3) is 78.5. The summed E-state index contributed by atoms with van der Waals surface area (Å²) < 4.78 is 68.8. The van der Waals surface area contributed by atoms with E-state index < -0.39 is 97.5 Å². The molecule has 3 N–H and O–H groups in total. The van der Waals surface area contributed by atoms with Crippen LogP contribution in [0.15, 0.2) is 0 Å². The van der Waals surface area contributed by atoms with Gasteiger partial charge in [-0.1, -0.05) is 413 Å². The number of aliphatic hydroxyl groups is 1. The van der Waals surface area contributed by atoms with E-state index in [1.54, 1.807) is 0 Å². The third-order valence-electron chi connectivity index (χ3n) is 20.6. The summed E-state index contributed by atoms with van der Waals surface area (Å²) in [6.45, 7) is 7.41. The van der Waals surface area contributed by atoms with Crippen molar-refractivity contribution in [1.29, 1.82) is 0 Å². The molecule has 0 aromatic heterocycles. The Labute approximate surface area is 645 Å². The summed E-state index contributed by atoms with van der Waals surface area (Å²) in [7, 11) is -9.92. The third-order valence-corrected chi connectivity index (χ3v) is 22.5. The van der Waals surface area contributed by atoms with Gasteiger partial charge in [0.15, 0.2) is 12.2 Å². The Morgan fingerprint density at radius 2 is 0.457 bits per heavy atom. The lowest BCUT2D eigenvalue weighted by atomic mass is 9.99. The van der Waals surface area contributed by atoms with Gasteiger partial charge in [0.05, 0.1) is 26.4 Å². The minimum Gasteiger partial charge on any atom is -0.462 e. The molecule has 0 aliphatic rings. The highest BCUT2D eigenvalue weighted by atomic mass is 31.2. The van der Waals surface area contributed by atoms with Gasteiger partial charge in [0, 0.05) is 25.7 Å². The van der Waals surface area contributed by atoms with Crippen LogP contribution in [-0.2, 0) is 65.4 Å². The van der Waals surface area contributed by atoms with Crippen molar-refractivity contribution >= 4 is 39.5 Å². The van der Waals surface area contributed by atoms with E-state index in [-0.39, 0.29) is 25.7 Å². The Bertz CT molecular complexity index is 2000. The van der Waals surface area contributed by atoms with Crippen LogP contribution in [0.25, 0.3) is 0 Å². The summed E-state index contributed by atoms with van der Waals surface area (Å²) in [5.41, 5.74) is 0. The molecule has 105 heavy (non-hydrogen) atoms. The molecule has 0 bridgehead atoms. The van der Waals surface area contributed by atoms with Gasteiger partial charge in [-0.15, -0.1) is 0 Å². The van der Waals surface area contributed by atoms with Crippen molar-refractivity contribution in [1.82, 2.24) is 0 Å². The molecule has 6 atom stereocenters. The van der Waals surface area contributed by atoms with Gasteiger partial charge in [-0.25, -0.2) is 9.13 Å². The van der Waals surface area contributed by atoms with Crippen molar-refractivity contribution in [3.8, 4) is 0 Å². The second-order valence-electron chi connectivity index (χ2n) is 31.2. The maximum absolute atomic E-state index is 13.1. The van der Waals surface area contributed by atoms with E-state index in [2.05, 4.69) is 34.6 Å². The minimum atomic E-state index is -4.96. The lowest BCUT2D eigenvalue weighted by Crippen LogP contribution is -2.30. The van der Waals surface area contributed by atoms with E-state index in [0.29, 0.717) is 25.7 Å². The summed E-state index contributed by atoms with van der Waals surface area (Å²) in [6.07, 6.45) is 72.2. The van der Waals surface area contributed by atoms with Crippen molar-refractivity contribution in [2.45, 2.75) is 483 Å². The molecular weight excluding hydrogens is 1370 g/mol. The Balaban J connectivity index is 5.19. The van der Waals surface area contributed by atoms with Crippen molar-refractivity contribution in [3.05, 3.63) is 0 Å². The van der Waals surface area contributed by atoms with Crippen molar-refractivity contribution in [2.75, 3.05) is 39.6 Å². The number of hydrogen-bond donors (Lipinski definition) is 3. The Morgan fingerprint density at radius 3 is 0.676 bits per heavy atom. The molecule has 0 aromatic rings. The highest BCUT2D eigenvalue weighted by Crippen LogP contribution is 2.45. The van der Waals surface area contributed by atoms with E-state index in [4.69, 9.17) is 37.0 Å². The Hall–Kier alpha value is -1.94. The van der Waals surface area contributed by atoms with Gasteiger partial charge in [0.1, 0.15) is 19.3 Å². The molecule has 0 aromatic carbocycles. The predicted molar refractivity (Wildman–Crippen MR) is 432 cm³/mol. The number of carbonyl (C=O) groups excluding carboxylic acids is 4. The molecule has 0 fully saturated rings. The standard InChI is InChI=1S/C86H168O17P2/c1-6-10-13-16-19-22-24-26-28-29-30-31-35-38-42-45-50-55-60-65-70-84(89)97-76-82(103-86(91)72-67-62-57-52-47-43-39-36-33-32-34-37-40-44-49-53-58-63-68-79(5)9-4)78-101-105(94,95)99-74-80(87)73-98-104(92,93)100-77-81(75-96-83(88)69-64-59-54-48-21-18-15-12-8-3)102-85(90)71-66-61-56-51-46-41-27-25-23-20-17-14-11-7-2/h79-82,87H,6-78H2,1-5H3,(H,92,93)(H,94,95)/t79?,80-,81+,82+/m0/s1. The smallest absolute Gasteiger partial charge is 0.462 e. The average Bonchev–Trinajstić information content (AvgIpc) is 1.01. The van der Waals surface area contributed by atoms with Gasteiger partial charge >= 0.3 is 39.5 Å². The molecule has 3 unspecified atom stereocenters. The van der Waals surface area contributed by atoms with Crippen LogP contribution in [0.4, 0.5) is 0 Å². The molecule has 624 valence electrons. The lowest BCUT2D eigenvalue weighted by molar-refractivity contribution is -0.161. The van der Waals surface area contributed by atoms with Crippen LogP contribution in [0.2, 0.25) is 0 Å². The van der Waals surface area contributed by atoms with E-state index >= 15 is 0 Å². The summed E-state index contributed by atoms with van der Waals surface area (Å²) in [6, 6.07) is 0. The zero-order chi connectivity index (χ0) is 76.9. The topological polar surface area (TPSA) is 237 Å². The van der Waals surface area contributed by atoms with Crippen LogP contribution in [0.1, 0.15) is 465 Å². The number of aliphatic hydroxyl groups excluding tert-OH is 1. The van der Waals surface area contributed by atoms with Gasteiger partial charge in [0.2, 0.25) is 0 Å². The summed E-state index contributed by atoms with van der Waals surface area (Å²) >= 11 is 0. The largest absolute Gasteiger partial charge is 0.472 e. The minimum absolute atomic E-state index is 0.108. The van der Waals surface area contributed by atoms with E-state index in [9.17, 15) is 43.2 Å². The first kappa shape index (κ1) is 103. The zero-order valence-corrected chi connectivity index (χ0v) is 70.7. The molecule has 0 amide bonds. The monoisotopic (exact) mass is 1540 g/mol. The molecule has 0 rings (SSSR count). The second kappa shape index (κ2) is 78.7. The molecule has 0 aliphatic heterocycles. The molecular formula is C86H168O17P2. The first-order valence-electron chi connectivity index (χ1n) is 44.7. The number of phosphoric ester groups is 2. The first-order valence-corrected chi connectivity index (χ1v) is 47.7. The van der Waals surface area contributed by atoms with Gasteiger partial charge in [-0.3, -0.25) is 37.3 Å². The zero-order valence-electron chi connectivity index (χ0n) is 68.9. The molecule has 0 spiro atoms. The second-order valence-corrected chi connectivity index (χ2v) is 34.1. The quantitative estimate of drug-likeness (QED) is 0.0222. The van der Waals surface area contributed by atoms with E-state index in [1.165, 1.54) is 289 Å². The fraction of sp³-hybridized carbons (Fsp3) is 0.953. The molecule has 0 heterocycles. The summed E-state index contributed by atoms with van der Waals surface area (Å²) in [4.78, 5) is 73.1. The van der Waals surface area contributed by atoms with Crippen molar-refractivity contribution in [2.24, 2.45) is 5.92 Å². The van der Waals surface area contributed by atoms with Crippen LogP contribution in [0, 0.1) is 5.92 Å². The molecule has 19 heteroatoms. The number of esters is 4. The first-order chi connectivity index (χ1) is 51.1.